The fraction of sp³-hybridized carbons (Fsp3) is 0.333. The van der Waals surface area contributed by atoms with Crippen LogP contribution in [0.25, 0.3) is 0 Å². The highest BCUT2D eigenvalue weighted by molar-refractivity contribution is 5.85. The maximum absolute atomic E-state index is 11.0. The maximum atomic E-state index is 11.0. The van der Waals surface area contributed by atoms with Crippen molar-refractivity contribution in [1.82, 2.24) is 14.8 Å². The number of carboxylic acid groups (broad SMARTS) is 1. The SMILES string of the molecule is COC(=O)c1ncn(C/C=C(/C)C(=O)O)n1. The Morgan fingerprint density at radius 3 is 2.88 bits per heavy atom. The van der Waals surface area contributed by atoms with Crippen molar-refractivity contribution in [2.45, 2.75) is 13.5 Å². The largest absolute Gasteiger partial charge is 0.478 e. The van der Waals surface area contributed by atoms with Crippen molar-refractivity contribution in [3.05, 3.63) is 23.8 Å². The number of ether oxygens (including phenoxy) is 1. The highest BCUT2D eigenvalue weighted by Gasteiger charge is 2.10. The Labute approximate surface area is 91.4 Å². The van der Waals surface area contributed by atoms with E-state index in [1.54, 1.807) is 0 Å². The summed E-state index contributed by atoms with van der Waals surface area (Å²) in [6, 6.07) is 0. The molecule has 0 unspecified atom stereocenters. The van der Waals surface area contributed by atoms with Gasteiger partial charge in [0, 0.05) is 5.57 Å². The first kappa shape index (κ1) is 11.9. The minimum atomic E-state index is -0.992. The molecule has 0 aliphatic rings. The molecule has 86 valence electrons. The Balaban J connectivity index is 2.70. The number of carboxylic acids is 1. The van der Waals surface area contributed by atoms with E-state index >= 15 is 0 Å². The molecular weight excluding hydrogens is 214 g/mol. The number of carbonyl (C=O) groups is 2. The normalized spacial score (nSPS) is 11.2. The molecule has 16 heavy (non-hydrogen) atoms. The van der Waals surface area contributed by atoms with Gasteiger partial charge in [0.05, 0.1) is 13.7 Å². The first-order valence-corrected chi connectivity index (χ1v) is 4.42. The number of nitrogens with zero attached hydrogens (tertiary/aromatic N) is 3. The Hall–Kier alpha value is -2.18. The third-order valence-electron chi connectivity index (χ3n) is 1.83. The van der Waals surface area contributed by atoms with Gasteiger partial charge in [-0.3, -0.25) is 0 Å². The molecular formula is C9H11N3O4. The van der Waals surface area contributed by atoms with E-state index in [9.17, 15) is 9.59 Å². The molecule has 0 aliphatic carbocycles. The molecule has 0 bridgehead atoms. The number of methoxy groups -OCH3 is 1. The molecule has 1 N–H and O–H groups in total. The third-order valence-corrected chi connectivity index (χ3v) is 1.83. The van der Waals surface area contributed by atoms with Crippen LogP contribution in [0, 0.1) is 0 Å². The zero-order chi connectivity index (χ0) is 12.1. The van der Waals surface area contributed by atoms with Crippen molar-refractivity contribution < 1.29 is 19.4 Å². The van der Waals surface area contributed by atoms with Crippen LogP contribution in [0.15, 0.2) is 18.0 Å². The number of aliphatic carboxylic acids is 1. The van der Waals surface area contributed by atoms with Crippen molar-refractivity contribution in [2.24, 2.45) is 0 Å². The van der Waals surface area contributed by atoms with Crippen molar-refractivity contribution in [1.29, 1.82) is 0 Å². The fourth-order valence-electron chi connectivity index (χ4n) is 0.885. The van der Waals surface area contributed by atoms with Gasteiger partial charge in [0.1, 0.15) is 6.33 Å². The number of carbonyl (C=O) groups excluding carboxylic acids is 1. The molecule has 0 atom stereocenters. The Morgan fingerprint density at radius 2 is 2.31 bits per heavy atom. The van der Waals surface area contributed by atoms with Crippen molar-refractivity contribution >= 4 is 11.9 Å². The summed E-state index contributed by atoms with van der Waals surface area (Å²) in [6.07, 6.45) is 2.80. The van der Waals surface area contributed by atoms with E-state index in [1.165, 1.54) is 31.1 Å². The van der Waals surface area contributed by atoms with Gasteiger partial charge < -0.3 is 9.84 Å². The van der Waals surface area contributed by atoms with Crippen LogP contribution in [-0.2, 0) is 16.1 Å². The summed E-state index contributed by atoms with van der Waals surface area (Å²) in [6.45, 7) is 1.71. The molecule has 0 aromatic carbocycles. The lowest BCUT2D eigenvalue weighted by molar-refractivity contribution is -0.132. The minimum absolute atomic E-state index is 0.0520. The second kappa shape index (κ2) is 5.06. The molecule has 0 saturated heterocycles. The van der Waals surface area contributed by atoms with Crippen molar-refractivity contribution in [2.75, 3.05) is 7.11 Å². The van der Waals surface area contributed by atoms with Crippen LogP contribution in [0.2, 0.25) is 0 Å². The molecule has 1 rings (SSSR count). The summed E-state index contributed by atoms with van der Waals surface area (Å²) in [7, 11) is 1.23. The van der Waals surface area contributed by atoms with E-state index < -0.39 is 11.9 Å². The standard InChI is InChI=1S/C9H11N3O4/c1-6(8(13)14)3-4-12-5-10-7(11-12)9(15)16-2/h3,5H,4H2,1-2H3,(H,13,14)/b6-3-. The van der Waals surface area contributed by atoms with Crippen molar-refractivity contribution in [3.63, 3.8) is 0 Å². The minimum Gasteiger partial charge on any atom is -0.478 e. The van der Waals surface area contributed by atoms with Gasteiger partial charge in [0.25, 0.3) is 5.82 Å². The Kier molecular flexibility index (Phi) is 3.76. The van der Waals surface area contributed by atoms with E-state index in [0.717, 1.165) is 0 Å². The zero-order valence-electron chi connectivity index (χ0n) is 8.88. The summed E-state index contributed by atoms with van der Waals surface area (Å²) in [5, 5.41) is 12.4. The molecule has 0 amide bonds. The Morgan fingerprint density at radius 1 is 1.62 bits per heavy atom. The molecule has 7 nitrogen and oxygen atoms in total. The first-order chi connectivity index (χ1) is 7.54. The third kappa shape index (κ3) is 2.91. The summed E-state index contributed by atoms with van der Waals surface area (Å²) in [4.78, 5) is 25.2. The fourth-order valence-corrected chi connectivity index (χ4v) is 0.885. The van der Waals surface area contributed by atoms with Crippen molar-refractivity contribution in [3.8, 4) is 0 Å². The van der Waals surface area contributed by atoms with E-state index in [4.69, 9.17) is 5.11 Å². The summed E-state index contributed by atoms with van der Waals surface area (Å²) < 4.78 is 5.77. The van der Waals surface area contributed by atoms with Crippen LogP contribution >= 0.6 is 0 Å². The maximum Gasteiger partial charge on any atom is 0.377 e. The number of hydrogen-bond acceptors (Lipinski definition) is 5. The van der Waals surface area contributed by atoms with Gasteiger partial charge in [-0.25, -0.2) is 19.3 Å². The Bertz CT molecular complexity index is 436. The van der Waals surface area contributed by atoms with Crippen LogP contribution in [0.4, 0.5) is 0 Å². The van der Waals surface area contributed by atoms with Crippen LogP contribution in [0.5, 0.6) is 0 Å². The highest BCUT2D eigenvalue weighted by atomic mass is 16.5. The average Bonchev–Trinajstić information content (AvgIpc) is 2.73. The zero-order valence-corrected chi connectivity index (χ0v) is 8.88. The molecule has 0 fully saturated rings. The average molecular weight is 225 g/mol. The van der Waals surface area contributed by atoms with Gasteiger partial charge in [0.15, 0.2) is 0 Å². The van der Waals surface area contributed by atoms with E-state index in [0.29, 0.717) is 0 Å². The lowest BCUT2D eigenvalue weighted by atomic mass is 10.3. The molecule has 1 aromatic heterocycles. The van der Waals surface area contributed by atoms with Gasteiger partial charge in [-0.05, 0) is 6.92 Å². The van der Waals surface area contributed by atoms with Gasteiger partial charge in [0.2, 0.25) is 0 Å². The van der Waals surface area contributed by atoms with Gasteiger partial charge in [-0.1, -0.05) is 6.08 Å². The first-order valence-electron chi connectivity index (χ1n) is 4.42. The second-order valence-corrected chi connectivity index (χ2v) is 2.97. The highest BCUT2D eigenvalue weighted by Crippen LogP contribution is 1.96. The van der Waals surface area contributed by atoms with Gasteiger partial charge in [-0.15, -0.1) is 5.10 Å². The molecule has 7 heteroatoms. The van der Waals surface area contributed by atoms with Crippen LogP contribution in [0.1, 0.15) is 17.5 Å². The predicted octanol–water partition coefficient (Wildman–Crippen LogP) is 0.0956. The quantitative estimate of drug-likeness (QED) is 0.576. The van der Waals surface area contributed by atoms with E-state index in [-0.39, 0.29) is 17.9 Å². The number of allylic oxidation sites excluding steroid dienone is 1. The van der Waals surface area contributed by atoms with E-state index in [1.807, 2.05) is 0 Å². The van der Waals surface area contributed by atoms with Gasteiger partial charge >= 0.3 is 11.9 Å². The van der Waals surface area contributed by atoms with Crippen LogP contribution in [0.3, 0.4) is 0 Å². The summed E-state index contributed by atoms with van der Waals surface area (Å²) >= 11 is 0. The molecule has 1 aromatic rings. The topological polar surface area (TPSA) is 94.3 Å². The monoisotopic (exact) mass is 225 g/mol. The lowest BCUT2D eigenvalue weighted by Gasteiger charge is -1.95. The number of esters is 1. The second-order valence-electron chi connectivity index (χ2n) is 2.97. The van der Waals surface area contributed by atoms with E-state index in [2.05, 4.69) is 14.8 Å². The molecule has 0 aliphatic heterocycles. The molecule has 0 radical (unpaired) electrons. The van der Waals surface area contributed by atoms with Crippen LogP contribution < -0.4 is 0 Å². The number of hydrogen-bond donors (Lipinski definition) is 1. The number of aromatic nitrogens is 3. The molecule has 1 heterocycles. The van der Waals surface area contributed by atoms with Gasteiger partial charge in [-0.2, -0.15) is 0 Å². The summed E-state index contributed by atoms with van der Waals surface area (Å²) in [5.74, 6) is -1.67. The number of rotatable bonds is 4. The molecule has 0 spiro atoms. The molecule has 0 saturated carbocycles. The summed E-state index contributed by atoms with van der Waals surface area (Å²) in [5.41, 5.74) is 0.204. The predicted molar refractivity (Wildman–Crippen MR) is 52.8 cm³/mol. The lowest BCUT2D eigenvalue weighted by Crippen LogP contribution is -2.06. The van der Waals surface area contributed by atoms with Crippen LogP contribution in [-0.4, -0.2) is 38.9 Å². The smallest absolute Gasteiger partial charge is 0.377 e.